The number of esters is 3. The van der Waals surface area contributed by atoms with Gasteiger partial charge in [0.25, 0.3) is 0 Å². The maximum atomic E-state index is 14.6. The fourth-order valence-corrected chi connectivity index (χ4v) is 11.8. The first-order valence-corrected chi connectivity index (χ1v) is 21.9. The first-order valence-electron chi connectivity index (χ1n) is 21.9. The van der Waals surface area contributed by atoms with Gasteiger partial charge in [-0.05, 0) is 162 Å². The molecule has 4 N–H and O–H groups in total. The van der Waals surface area contributed by atoms with Gasteiger partial charge in [0, 0.05) is 74.3 Å². The lowest BCUT2D eigenvalue weighted by atomic mass is 9.73. The zero-order valence-electron chi connectivity index (χ0n) is 39.5. The largest absolute Gasteiger partial charge is 0.426 e. The Morgan fingerprint density at radius 2 is 0.783 bits per heavy atom. The van der Waals surface area contributed by atoms with E-state index in [-0.39, 0.29) is 57.2 Å². The molecule has 4 heterocycles. The second kappa shape index (κ2) is 16.0. The van der Waals surface area contributed by atoms with E-state index in [1.54, 1.807) is 0 Å². The van der Waals surface area contributed by atoms with Crippen LogP contribution in [0.2, 0.25) is 0 Å². The average molecular weight is 841 g/mol. The molecule has 0 spiro atoms. The number of hydroxylamine groups is 4. The monoisotopic (exact) mass is 841 g/mol. The molecule has 0 atom stereocenters. The van der Waals surface area contributed by atoms with Crippen LogP contribution in [0.3, 0.4) is 0 Å². The minimum absolute atomic E-state index is 0.00878. The highest BCUT2D eigenvalue weighted by Crippen LogP contribution is 2.45. The number of hydrogen-bond acceptors (Lipinski definition) is 13. The summed E-state index contributed by atoms with van der Waals surface area (Å²) in [5, 5.41) is 31.9. The van der Waals surface area contributed by atoms with Gasteiger partial charge in [0.1, 0.15) is 23.0 Å². The van der Waals surface area contributed by atoms with Gasteiger partial charge >= 0.3 is 17.9 Å². The van der Waals surface area contributed by atoms with E-state index in [1.807, 2.05) is 83.1 Å². The van der Waals surface area contributed by atoms with Crippen LogP contribution in [-0.4, -0.2) is 88.5 Å². The molecule has 0 radical (unpaired) electrons. The van der Waals surface area contributed by atoms with Gasteiger partial charge in [-0.2, -0.15) is 10.1 Å². The second-order valence-electron chi connectivity index (χ2n) is 23.9. The Morgan fingerprint density at radius 3 is 1.12 bits per heavy atom. The highest BCUT2D eigenvalue weighted by atomic mass is 16.6. The summed E-state index contributed by atoms with van der Waals surface area (Å²) in [5.41, 5.74) is -4.14. The van der Waals surface area contributed by atoms with E-state index in [2.05, 4.69) is 38.3 Å². The Kier molecular flexibility index (Phi) is 12.8. The molecular formula is C47H76N4O9. The molecule has 0 saturated carbocycles. The van der Waals surface area contributed by atoms with E-state index in [1.165, 1.54) is 22.3 Å². The molecule has 0 amide bonds. The van der Waals surface area contributed by atoms with E-state index < -0.39 is 63.7 Å². The summed E-state index contributed by atoms with van der Waals surface area (Å²) in [7, 11) is 0. The van der Waals surface area contributed by atoms with Crippen LogP contribution in [0.15, 0.2) is 12.1 Å². The van der Waals surface area contributed by atoms with Gasteiger partial charge in [-0.1, -0.05) is 0 Å². The quantitative estimate of drug-likeness (QED) is 0.140. The van der Waals surface area contributed by atoms with Crippen molar-refractivity contribution in [2.24, 2.45) is 23.7 Å². The van der Waals surface area contributed by atoms with E-state index in [4.69, 9.17) is 14.2 Å². The van der Waals surface area contributed by atoms with Gasteiger partial charge in [-0.3, -0.25) is 19.2 Å². The standard InChI is InChI=1S/C47H76N4O9/c1-40(2)20-29(21-41(3,4)48-40)37(53)58-32-17-35(59-38(54)30-22-42(5,6)49-43(7,8)23-30)33(19-34(52)28-24-44(9,10)50(56)45(11,12)25-28)36(18-32)60-39(55)31-26-46(13,14)51(57)47(15,16)27-31/h17-18,28-31,48-49,56-57H,19-27H2,1-16H3. The Balaban J connectivity index is 1.61. The number of carbonyl (C=O) groups excluding carboxylic acids is 4. The molecule has 0 bridgehead atoms. The van der Waals surface area contributed by atoms with Crippen molar-refractivity contribution in [2.45, 2.75) is 213 Å². The number of Topliss-reactive ketones (excluding diaryl/α,β-unsaturated/α-hetero) is 1. The lowest BCUT2D eigenvalue weighted by Gasteiger charge is -2.51. The van der Waals surface area contributed by atoms with Crippen molar-refractivity contribution < 1.29 is 43.8 Å². The Hall–Kier alpha value is -2.94. The third kappa shape index (κ3) is 11.0. The van der Waals surface area contributed by atoms with Crippen molar-refractivity contribution in [3.8, 4) is 17.2 Å². The van der Waals surface area contributed by atoms with Crippen LogP contribution >= 0.6 is 0 Å². The minimum Gasteiger partial charge on any atom is -0.426 e. The third-order valence-electron chi connectivity index (χ3n) is 13.2. The highest BCUT2D eigenvalue weighted by Gasteiger charge is 2.50. The molecule has 338 valence electrons. The van der Waals surface area contributed by atoms with E-state index in [0.717, 1.165) is 0 Å². The average Bonchev–Trinajstić information content (AvgIpc) is 3.04. The van der Waals surface area contributed by atoms with Gasteiger partial charge in [0.15, 0.2) is 0 Å². The number of hydrogen-bond donors (Lipinski definition) is 4. The fourth-order valence-electron chi connectivity index (χ4n) is 11.8. The number of carbonyl (C=O) groups is 4. The maximum absolute atomic E-state index is 14.6. The summed E-state index contributed by atoms with van der Waals surface area (Å²) in [5.74, 6) is -3.76. The number of nitrogens with zero attached hydrogens (tertiary/aromatic N) is 2. The van der Waals surface area contributed by atoms with E-state index >= 15 is 0 Å². The molecule has 0 unspecified atom stereocenters. The van der Waals surface area contributed by atoms with Gasteiger partial charge < -0.3 is 35.3 Å². The van der Waals surface area contributed by atoms with Crippen LogP contribution in [0.5, 0.6) is 17.2 Å². The lowest BCUT2D eigenvalue weighted by Crippen LogP contribution is -2.60. The molecule has 4 aliphatic heterocycles. The molecule has 4 aliphatic rings. The molecule has 5 rings (SSSR count). The Bertz CT molecular complexity index is 1780. The molecule has 1 aromatic carbocycles. The zero-order chi connectivity index (χ0) is 45.4. The topological polar surface area (TPSA) is 167 Å². The van der Waals surface area contributed by atoms with Crippen molar-refractivity contribution in [1.29, 1.82) is 0 Å². The van der Waals surface area contributed by atoms with Crippen LogP contribution in [0, 0.1) is 23.7 Å². The van der Waals surface area contributed by atoms with Crippen LogP contribution in [0.4, 0.5) is 0 Å². The molecule has 60 heavy (non-hydrogen) atoms. The fraction of sp³-hybridized carbons (Fsp3) is 0.787. The molecule has 0 aliphatic carbocycles. The summed E-state index contributed by atoms with van der Waals surface area (Å²) in [6.07, 6.45) is 3.15. The molecule has 0 aromatic heterocycles. The number of ether oxygens (including phenoxy) is 3. The van der Waals surface area contributed by atoms with E-state index in [0.29, 0.717) is 51.4 Å². The maximum Gasteiger partial charge on any atom is 0.314 e. The molecule has 1 aromatic rings. The number of nitrogens with one attached hydrogen (secondary N) is 2. The summed E-state index contributed by atoms with van der Waals surface area (Å²) in [4.78, 5) is 57.4. The molecule has 13 heteroatoms. The molecule has 13 nitrogen and oxygen atoms in total. The van der Waals surface area contributed by atoms with Gasteiger partial charge in [-0.25, -0.2) is 0 Å². The van der Waals surface area contributed by atoms with Crippen LogP contribution in [-0.2, 0) is 25.6 Å². The van der Waals surface area contributed by atoms with Gasteiger partial charge in [0.2, 0.25) is 0 Å². The Morgan fingerprint density at radius 1 is 0.500 bits per heavy atom. The summed E-state index contributed by atoms with van der Waals surface area (Å²) in [6.45, 7) is 31.4. The smallest absolute Gasteiger partial charge is 0.314 e. The van der Waals surface area contributed by atoms with Crippen molar-refractivity contribution in [3.63, 3.8) is 0 Å². The van der Waals surface area contributed by atoms with Gasteiger partial charge in [0.05, 0.1) is 17.8 Å². The second-order valence-corrected chi connectivity index (χ2v) is 23.9. The SMILES string of the molecule is CC1(C)CC(C(=O)Oc2cc(OC(=O)C3CC(C)(C)NC(C)(C)C3)c(CC(=O)C3CC(C)(C)N(O)C(C)(C)C3)c(OC(=O)C3CC(C)(C)N(O)C(C)(C)C3)c2)CC(C)(C)N1. The predicted octanol–water partition coefficient (Wildman–Crippen LogP) is 7.94. The normalized spacial score (nSPS) is 26.5. The van der Waals surface area contributed by atoms with Crippen molar-refractivity contribution >= 4 is 23.7 Å². The summed E-state index contributed by atoms with van der Waals surface area (Å²) < 4.78 is 18.8. The highest BCUT2D eigenvalue weighted by molar-refractivity contribution is 5.87. The van der Waals surface area contributed by atoms with Crippen molar-refractivity contribution in [3.05, 3.63) is 17.7 Å². The van der Waals surface area contributed by atoms with Crippen LogP contribution < -0.4 is 24.8 Å². The summed E-state index contributed by atoms with van der Waals surface area (Å²) in [6, 6.07) is 2.94. The minimum atomic E-state index is -0.754. The number of rotatable bonds is 9. The number of ketones is 1. The predicted molar refractivity (Wildman–Crippen MR) is 229 cm³/mol. The Labute approximate surface area is 358 Å². The van der Waals surface area contributed by atoms with Crippen molar-refractivity contribution in [1.82, 2.24) is 20.8 Å². The van der Waals surface area contributed by atoms with E-state index in [9.17, 15) is 29.6 Å². The molecular weight excluding hydrogens is 765 g/mol. The molecule has 4 fully saturated rings. The van der Waals surface area contributed by atoms with Crippen LogP contribution in [0.1, 0.15) is 168 Å². The third-order valence-corrected chi connectivity index (χ3v) is 13.2. The summed E-state index contributed by atoms with van der Waals surface area (Å²) >= 11 is 0. The first-order chi connectivity index (χ1) is 27.0. The van der Waals surface area contributed by atoms with Gasteiger partial charge in [-0.15, -0.1) is 0 Å². The number of piperidine rings is 4. The first kappa shape index (κ1) is 48.1. The zero-order valence-corrected chi connectivity index (χ0v) is 39.5. The van der Waals surface area contributed by atoms with Crippen molar-refractivity contribution in [2.75, 3.05) is 0 Å². The lowest BCUT2D eigenvalue weighted by molar-refractivity contribution is -0.251. The van der Waals surface area contributed by atoms with Crippen LogP contribution in [0.25, 0.3) is 0 Å². The number of benzene rings is 1. The molecule has 4 saturated heterocycles.